The lowest BCUT2D eigenvalue weighted by molar-refractivity contribution is -0.145. The Hall–Kier alpha value is -5.63. The molecule has 79 heavy (non-hydrogen) atoms. The lowest BCUT2D eigenvalue weighted by atomic mass is 9.94. The van der Waals surface area contributed by atoms with Crippen LogP contribution in [-0.4, -0.2) is 182 Å². The van der Waals surface area contributed by atoms with E-state index >= 15 is 0 Å². The van der Waals surface area contributed by atoms with Gasteiger partial charge in [-0.1, -0.05) is 77.0 Å². The molecule has 0 bridgehead atoms. The minimum atomic E-state index is -1.45. The number of hydrogen-bond acceptors (Lipinski definition) is 16. The van der Waals surface area contributed by atoms with Crippen molar-refractivity contribution in [3.8, 4) is 0 Å². The van der Waals surface area contributed by atoms with Crippen molar-refractivity contribution < 1.29 is 97.2 Å². The quantitative estimate of drug-likeness (QED) is 0.0385. The Morgan fingerprint density at radius 2 is 0.823 bits per heavy atom. The van der Waals surface area contributed by atoms with Gasteiger partial charge in [0.05, 0.1) is 39.0 Å². The first-order valence-electron chi connectivity index (χ1n) is 28.1. The number of unbranched alkanes of at least 4 members (excludes halogenated alkanes) is 14. The molecule has 0 aromatic heterocycles. The van der Waals surface area contributed by atoms with Gasteiger partial charge in [0.1, 0.15) is 42.9 Å². The van der Waals surface area contributed by atoms with Crippen molar-refractivity contribution in [1.82, 2.24) is 26.6 Å². The first-order chi connectivity index (χ1) is 37.9. The van der Waals surface area contributed by atoms with Crippen LogP contribution >= 0.6 is 0 Å². The van der Waals surface area contributed by atoms with Gasteiger partial charge in [0.25, 0.3) is 0 Å². The fraction of sp³-hybridized carbons (Fsp3) is 0.796. The zero-order valence-corrected chi connectivity index (χ0v) is 46.5. The zero-order valence-electron chi connectivity index (χ0n) is 46.5. The number of carbonyl (C=O) groups is 11. The third-order valence-corrected chi connectivity index (χ3v) is 12.7. The monoisotopic (exact) mass is 1130 g/mol. The first-order valence-corrected chi connectivity index (χ1v) is 28.1. The first kappa shape index (κ1) is 73.4. The lowest BCUT2D eigenvalue weighted by Crippen LogP contribution is -2.43. The number of carboxylic acids is 5. The predicted octanol–water partition coefficient (Wildman–Crippen LogP) is 3.94. The average Bonchev–Trinajstić information content (AvgIpc) is 3.39. The molecule has 25 heteroatoms. The van der Waals surface area contributed by atoms with Crippen LogP contribution in [0.25, 0.3) is 0 Å². The van der Waals surface area contributed by atoms with Gasteiger partial charge in [-0.25, -0.2) is 9.59 Å². The van der Waals surface area contributed by atoms with Crippen LogP contribution in [0.1, 0.15) is 180 Å². The van der Waals surface area contributed by atoms with Gasteiger partial charge in [0, 0.05) is 64.6 Å². The molecule has 10 N–H and O–H groups in total. The van der Waals surface area contributed by atoms with Gasteiger partial charge in [-0.15, -0.1) is 0 Å². The molecule has 0 rings (SSSR count). The number of nitrogens with one attached hydrogen (secondary N) is 5. The SMILES string of the molecule is CN[C@@H](CCCCNC(=O)CC[C@H](CC(=O)CC[C@H](NC(=O)COCCOCCNC(=O)COCCOCCCC(=O)CC[C@H](NC(=O)CCCCCCCCCCCCCCCCC(=O)O)C(=O)O)C(=O)O)C(=O)O)C(=O)O. The van der Waals surface area contributed by atoms with Crippen LogP contribution in [0, 0.1) is 5.92 Å². The Morgan fingerprint density at radius 1 is 0.354 bits per heavy atom. The van der Waals surface area contributed by atoms with Gasteiger partial charge in [-0.05, 0) is 64.8 Å². The summed E-state index contributed by atoms with van der Waals surface area (Å²) in [6, 6.07) is -3.28. The summed E-state index contributed by atoms with van der Waals surface area (Å²) >= 11 is 0. The Bertz CT molecular complexity index is 1790. The summed E-state index contributed by atoms with van der Waals surface area (Å²) in [6.45, 7) is 0.346. The Morgan fingerprint density at radius 3 is 1.34 bits per heavy atom. The van der Waals surface area contributed by atoms with Crippen molar-refractivity contribution in [3.63, 3.8) is 0 Å². The van der Waals surface area contributed by atoms with E-state index in [1.54, 1.807) is 0 Å². The molecule has 0 spiro atoms. The highest BCUT2D eigenvalue weighted by atomic mass is 16.5. The van der Waals surface area contributed by atoms with Gasteiger partial charge in [-0.3, -0.25) is 43.2 Å². The summed E-state index contributed by atoms with van der Waals surface area (Å²) in [7, 11) is 1.54. The normalized spacial score (nSPS) is 12.6. The molecular formula is C54H93N5O20. The number of carboxylic acid groups (broad SMARTS) is 5. The van der Waals surface area contributed by atoms with Crippen LogP contribution in [0.5, 0.6) is 0 Å². The molecule has 0 radical (unpaired) electrons. The van der Waals surface area contributed by atoms with Crippen molar-refractivity contribution in [2.24, 2.45) is 5.92 Å². The topological polar surface area (TPSA) is 386 Å². The number of rotatable bonds is 57. The Labute approximate surface area is 464 Å². The minimum absolute atomic E-state index is 0.00326. The molecule has 25 nitrogen and oxygen atoms in total. The highest BCUT2D eigenvalue weighted by Gasteiger charge is 2.26. The second kappa shape index (κ2) is 49.4. The maximum atomic E-state index is 12.6. The molecule has 4 amide bonds. The summed E-state index contributed by atoms with van der Waals surface area (Å²) < 4.78 is 21.3. The number of ether oxygens (including phenoxy) is 4. The standard InChI is InChI=1S/C54H93N5O20/c1-55-43(52(70)71)20-16-17-29-56-46(62)28-23-40(51(68)69)37-42(61)25-27-45(54(74)75)59-49(65)39-79-36-34-77-32-30-57-48(64)38-78-35-33-76-31-18-19-41(60)24-26-44(53(72)73)58-47(63)21-14-12-10-8-6-4-2-3-5-7-9-11-13-15-22-50(66)67/h40,43-45,55H,2-39H2,1H3,(H,56,62)(H,57,64)(H,58,63)(H,59,65)(H,66,67)(H,68,69)(H,70,71)(H,72,73)(H,74,75)/t40-,43+,44+,45+/m1/s1. The molecule has 0 aromatic rings. The maximum Gasteiger partial charge on any atom is 0.326 e. The number of likely N-dealkylation sites (N-methyl/N-ethyl adjacent to an activating group) is 1. The summed E-state index contributed by atoms with van der Waals surface area (Å²) in [5, 5.41) is 59.1. The van der Waals surface area contributed by atoms with Crippen LogP contribution in [0.15, 0.2) is 0 Å². The Kier molecular flexibility index (Phi) is 45.9. The Balaban J connectivity index is 3.97. The maximum absolute atomic E-state index is 12.6. The highest BCUT2D eigenvalue weighted by molar-refractivity contribution is 5.87. The van der Waals surface area contributed by atoms with Crippen LogP contribution in [0.2, 0.25) is 0 Å². The van der Waals surface area contributed by atoms with Crippen LogP contribution in [0.3, 0.4) is 0 Å². The largest absolute Gasteiger partial charge is 0.481 e. The summed E-state index contributed by atoms with van der Waals surface area (Å²) in [4.78, 5) is 131. The molecule has 0 saturated heterocycles. The van der Waals surface area contributed by atoms with Gasteiger partial charge in [0.15, 0.2) is 0 Å². The number of aliphatic carboxylic acids is 5. The summed E-state index contributed by atoms with van der Waals surface area (Å²) in [6.07, 6.45) is 16.0. The zero-order chi connectivity index (χ0) is 58.9. The van der Waals surface area contributed by atoms with E-state index in [9.17, 15) is 68.1 Å². The van der Waals surface area contributed by atoms with Crippen LogP contribution in [-0.2, 0) is 71.7 Å². The fourth-order valence-electron chi connectivity index (χ4n) is 8.07. The van der Waals surface area contributed by atoms with Crippen LogP contribution < -0.4 is 26.6 Å². The number of ketones is 2. The molecular weight excluding hydrogens is 1040 g/mol. The molecule has 0 fully saturated rings. The third-order valence-electron chi connectivity index (χ3n) is 12.7. The molecule has 454 valence electrons. The highest BCUT2D eigenvalue weighted by Crippen LogP contribution is 2.17. The van der Waals surface area contributed by atoms with Crippen molar-refractivity contribution in [2.45, 2.75) is 198 Å². The van der Waals surface area contributed by atoms with E-state index < -0.39 is 90.4 Å². The molecule has 0 aliphatic heterocycles. The second-order valence-electron chi connectivity index (χ2n) is 19.5. The van der Waals surface area contributed by atoms with Crippen molar-refractivity contribution in [1.29, 1.82) is 0 Å². The molecule has 0 aromatic carbocycles. The van der Waals surface area contributed by atoms with Gasteiger partial charge in [-0.2, -0.15) is 0 Å². The average molecular weight is 1130 g/mol. The lowest BCUT2D eigenvalue weighted by Gasteiger charge is -2.15. The van der Waals surface area contributed by atoms with Crippen molar-refractivity contribution in [3.05, 3.63) is 0 Å². The number of carbonyl (C=O) groups excluding carboxylic acids is 6. The van der Waals surface area contributed by atoms with Gasteiger partial charge in [0.2, 0.25) is 23.6 Å². The van der Waals surface area contributed by atoms with Crippen molar-refractivity contribution in [2.75, 3.05) is 73.0 Å². The van der Waals surface area contributed by atoms with Crippen LogP contribution in [0.4, 0.5) is 0 Å². The van der Waals surface area contributed by atoms with E-state index in [0.717, 1.165) is 51.4 Å². The molecule has 0 aliphatic carbocycles. The van der Waals surface area contributed by atoms with Gasteiger partial charge >= 0.3 is 29.8 Å². The van der Waals surface area contributed by atoms with Crippen molar-refractivity contribution >= 4 is 65.0 Å². The number of Topliss-reactive ketones (excluding diaryl/α,β-unsaturated/α-hetero) is 2. The van der Waals surface area contributed by atoms with E-state index in [0.29, 0.717) is 32.1 Å². The minimum Gasteiger partial charge on any atom is -0.481 e. The van der Waals surface area contributed by atoms with E-state index in [-0.39, 0.29) is 129 Å². The van der Waals surface area contributed by atoms with Gasteiger partial charge < -0.3 is 71.1 Å². The fourth-order valence-corrected chi connectivity index (χ4v) is 8.07. The van der Waals surface area contributed by atoms with E-state index in [1.165, 1.54) is 39.2 Å². The molecule has 4 atom stereocenters. The summed E-state index contributed by atoms with van der Waals surface area (Å²) in [5.41, 5.74) is 0. The third kappa shape index (κ3) is 45.9. The smallest absolute Gasteiger partial charge is 0.326 e. The summed E-state index contributed by atoms with van der Waals surface area (Å²) in [5.74, 6) is -9.41. The number of hydrogen-bond donors (Lipinski definition) is 10. The van der Waals surface area contributed by atoms with E-state index in [4.69, 9.17) is 29.2 Å². The predicted molar refractivity (Wildman–Crippen MR) is 287 cm³/mol. The number of amides is 4. The molecule has 0 heterocycles. The molecule has 0 saturated carbocycles. The van der Waals surface area contributed by atoms with E-state index in [2.05, 4.69) is 26.6 Å². The van der Waals surface area contributed by atoms with E-state index in [1.807, 2.05) is 0 Å². The molecule has 0 unspecified atom stereocenters. The molecule has 0 aliphatic rings. The second-order valence-corrected chi connectivity index (χ2v) is 19.5.